The molecule has 0 unspecified atom stereocenters. The Hall–Kier alpha value is -2.83. The lowest BCUT2D eigenvalue weighted by atomic mass is 9.94. The van der Waals surface area contributed by atoms with Crippen LogP contribution in [-0.4, -0.2) is 42.7 Å². The zero-order valence-corrected chi connectivity index (χ0v) is 17.5. The molecule has 29 heavy (non-hydrogen) atoms. The first kappa shape index (κ1) is 20.9. The molecule has 0 radical (unpaired) electrons. The number of carbonyl (C=O) groups is 2. The lowest BCUT2D eigenvalue weighted by molar-refractivity contribution is -0.156. The second kappa shape index (κ2) is 8.27. The van der Waals surface area contributed by atoms with Crippen molar-refractivity contribution in [2.24, 2.45) is 11.7 Å². The van der Waals surface area contributed by atoms with Crippen molar-refractivity contribution in [1.29, 1.82) is 0 Å². The van der Waals surface area contributed by atoms with Crippen LogP contribution in [-0.2, 0) is 9.53 Å². The average molecular weight is 399 g/mol. The molecule has 2 aromatic rings. The zero-order valence-electron chi connectivity index (χ0n) is 17.5. The standard InChI is InChI=1S/C22H29N3O4/c1-22(2,3)29-19(26)10-14-6-5-9-25(13-14)21-16-12-18(28-4)17(20(23)27)11-15(16)7-8-24-21/h7-8,11-12,14H,5-6,9-10,13H2,1-4H3,(H2,23,27)/t14-/m1/s1. The summed E-state index contributed by atoms with van der Waals surface area (Å²) in [5.74, 6) is 0.773. The van der Waals surface area contributed by atoms with Crippen LogP contribution < -0.4 is 15.4 Å². The van der Waals surface area contributed by atoms with Gasteiger partial charge in [0.1, 0.15) is 17.2 Å². The number of nitrogens with two attached hydrogens (primary N) is 1. The number of piperidine rings is 1. The van der Waals surface area contributed by atoms with Crippen molar-refractivity contribution in [3.05, 3.63) is 30.0 Å². The molecule has 1 saturated heterocycles. The molecular formula is C22H29N3O4. The van der Waals surface area contributed by atoms with E-state index in [0.29, 0.717) is 17.7 Å². The summed E-state index contributed by atoms with van der Waals surface area (Å²) in [6.07, 6.45) is 4.08. The summed E-state index contributed by atoms with van der Waals surface area (Å²) in [5, 5.41) is 1.77. The van der Waals surface area contributed by atoms with E-state index in [0.717, 1.165) is 42.5 Å². The fourth-order valence-corrected chi connectivity index (χ4v) is 3.84. The predicted molar refractivity (Wildman–Crippen MR) is 112 cm³/mol. The summed E-state index contributed by atoms with van der Waals surface area (Å²) in [7, 11) is 1.52. The zero-order chi connectivity index (χ0) is 21.2. The maximum atomic E-state index is 12.3. The minimum atomic E-state index is -0.530. The maximum absolute atomic E-state index is 12.3. The molecule has 1 amide bonds. The highest BCUT2D eigenvalue weighted by Crippen LogP contribution is 2.33. The fourth-order valence-electron chi connectivity index (χ4n) is 3.84. The second-order valence-corrected chi connectivity index (χ2v) is 8.52. The van der Waals surface area contributed by atoms with Crippen molar-refractivity contribution in [2.75, 3.05) is 25.1 Å². The number of methoxy groups -OCH3 is 1. The number of esters is 1. The van der Waals surface area contributed by atoms with E-state index < -0.39 is 11.5 Å². The highest BCUT2D eigenvalue weighted by atomic mass is 16.6. The first-order valence-corrected chi connectivity index (χ1v) is 9.91. The number of carbonyl (C=O) groups excluding carboxylic acids is 2. The van der Waals surface area contributed by atoms with Gasteiger partial charge in [-0.25, -0.2) is 4.98 Å². The number of hydrogen-bond acceptors (Lipinski definition) is 6. The number of anilines is 1. The minimum Gasteiger partial charge on any atom is -0.496 e. The van der Waals surface area contributed by atoms with Gasteiger partial charge in [-0.1, -0.05) is 0 Å². The molecule has 7 nitrogen and oxygen atoms in total. The third-order valence-corrected chi connectivity index (χ3v) is 5.02. The van der Waals surface area contributed by atoms with Crippen LogP contribution in [0.3, 0.4) is 0 Å². The molecule has 0 aliphatic carbocycles. The average Bonchev–Trinajstić information content (AvgIpc) is 2.64. The van der Waals surface area contributed by atoms with E-state index in [4.69, 9.17) is 15.2 Å². The summed E-state index contributed by atoms with van der Waals surface area (Å²) in [5.41, 5.74) is 5.35. The Bertz CT molecular complexity index is 920. The number of primary amides is 1. The van der Waals surface area contributed by atoms with Crippen molar-refractivity contribution < 1.29 is 19.1 Å². The molecule has 7 heteroatoms. The molecule has 1 atom stereocenters. The van der Waals surface area contributed by atoms with Gasteiger partial charge in [0.15, 0.2) is 0 Å². The van der Waals surface area contributed by atoms with E-state index in [-0.39, 0.29) is 11.9 Å². The number of nitrogens with zero attached hydrogens (tertiary/aromatic N) is 2. The number of amides is 1. The molecule has 1 fully saturated rings. The molecule has 3 rings (SSSR count). The van der Waals surface area contributed by atoms with E-state index >= 15 is 0 Å². The van der Waals surface area contributed by atoms with Crippen molar-refractivity contribution in [1.82, 2.24) is 4.98 Å². The van der Waals surface area contributed by atoms with Gasteiger partial charge in [0, 0.05) is 24.7 Å². The topological polar surface area (TPSA) is 94.8 Å². The first-order chi connectivity index (χ1) is 13.7. The van der Waals surface area contributed by atoms with Gasteiger partial charge < -0.3 is 20.1 Å². The summed E-state index contributed by atoms with van der Waals surface area (Å²) in [6.45, 7) is 7.23. The smallest absolute Gasteiger partial charge is 0.306 e. The summed E-state index contributed by atoms with van der Waals surface area (Å²) in [4.78, 5) is 30.8. The minimum absolute atomic E-state index is 0.164. The number of aromatic nitrogens is 1. The molecule has 156 valence electrons. The summed E-state index contributed by atoms with van der Waals surface area (Å²) < 4.78 is 10.9. The van der Waals surface area contributed by atoms with Gasteiger partial charge in [-0.15, -0.1) is 0 Å². The quantitative estimate of drug-likeness (QED) is 0.775. The lowest BCUT2D eigenvalue weighted by Crippen LogP contribution is -2.37. The van der Waals surface area contributed by atoms with Crippen LogP contribution in [0, 0.1) is 5.92 Å². The van der Waals surface area contributed by atoms with Crippen LogP contribution in [0.5, 0.6) is 5.75 Å². The van der Waals surface area contributed by atoms with Gasteiger partial charge in [-0.05, 0) is 63.1 Å². The van der Waals surface area contributed by atoms with Crippen LogP contribution >= 0.6 is 0 Å². The maximum Gasteiger partial charge on any atom is 0.306 e. The Kier molecular flexibility index (Phi) is 5.96. The largest absolute Gasteiger partial charge is 0.496 e. The first-order valence-electron chi connectivity index (χ1n) is 9.91. The van der Waals surface area contributed by atoms with Gasteiger partial charge in [0.05, 0.1) is 19.1 Å². The SMILES string of the molecule is COc1cc2c(N3CCC[C@H](CC(=O)OC(C)(C)C)C3)nccc2cc1C(N)=O. The van der Waals surface area contributed by atoms with Crippen LogP contribution in [0.1, 0.15) is 50.4 Å². The van der Waals surface area contributed by atoms with E-state index in [2.05, 4.69) is 9.88 Å². The molecule has 1 aromatic heterocycles. The van der Waals surface area contributed by atoms with E-state index in [1.54, 1.807) is 12.3 Å². The monoisotopic (exact) mass is 399 g/mol. The third-order valence-electron chi connectivity index (χ3n) is 5.02. The molecule has 0 spiro atoms. The number of fused-ring (bicyclic) bond motifs is 1. The Morgan fingerprint density at radius 2 is 2.07 bits per heavy atom. The summed E-state index contributed by atoms with van der Waals surface area (Å²) in [6, 6.07) is 5.41. The van der Waals surface area contributed by atoms with Crippen LogP contribution in [0.25, 0.3) is 10.8 Å². The van der Waals surface area contributed by atoms with Crippen molar-refractivity contribution in [2.45, 2.75) is 45.6 Å². The molecule has 1 aliphatic rings. The van der Waals surface area contributed by atoms with Crippen LogP contribution in [0.15, 0.2) is 24.4 Å². The van der Waals surface area contributed by atoms with Gasteiger partial charge in [0.2, 0.25) is 0 Å². The number of rotatable bonds is 5. The highest BCUT2D eigenvalue weighted by molar-refractivity contribution is 6.03. The van der Waals surface area contributed by atoms with Crippen molar-refractivity contribution in [3.63, 3.8) is 0 Å². The number of benzene rings is 1. The molecule has 1 aromatic carbocycles. The predicted octanol–water partition coefficient (Wildman–Crippen LogP) is 3.29. The van der Waals surface area contributed by atoms with E-state index in [9.17, 15) is 9.59 Å². The van der Waals surface area contributed by atoms with Gasteiger partial charge in [0.25, 0.3) is 5.91 Å². The van der Waals surface area contributed by atoms with Gasteiger partial charge in [-0.3, -0.25) is 9.59 Å². The number of hydrogen-bond donors (Lipinski definition) is 1. The molecule has 0 bridgehead atoms. The molecule has 1 aliphatic heterocycles. The number of pyridine rings is 1. The third kappa shape index (κ3) is 4.96. The fraction of sp³-hybridized carbons (Fsp3) is 0.500. The Morgan fingerprint density at radius 3 is 2.72 bits per heavy atom. The lowest BCUT2D eigenvalue weighted by Gasteiger charge is -2.34. The Balaban J connectivity index is 1.86. The number of ether oxygens (including phenoxy) is 2. The second-order valence-electron chi connectivity index (χ2n) is 8.52. The molecule has 2 heterocycles. The Morgan fingerprint density at radius 1 is 1.31 bits per heavy atom. The van der Waals surface area contributed by atoms with Crippen molar-refractivity contribution in [3.8, 4) is 5.75 Å². The molecule has 2 N–H and O–H groups in total. The van der Waals surface area contributed by atoms with Gasteiger partial charge in [-0.2, -0.15) is 0 Å². The van der Waals surface area contributed by atoms with Crippen LogP contribution in [0.2, 0.25) is 0 Å². The Labute approximate surface area is 171 Å². The van der Waals surface area contributed by atoms with Crippen LogP contribution in [0.4, 0.5) is 5.82 Å². The molecular weight excluding hydrogens is 370 g/mol. The van der Waals surface area contributed by atoms with E-state index in [1.165, 1.54) is 7.11 Å². The van der Waals surface area contributed by atoms with Gasteiger partial charge >= 0.3 is 5.97 Å². The van der Waals surface area contributed by atoms with E-state index in [1.807, 2.05) is 32.9 Å². The highest BCUT2D eigenvalue weighted by Gasteiger charge is 2.27. The molecule has 0 saturated carbocycles. The van der Waals surface area contributed by atoms with Crippen molar-refractivity contribution >= 4 is 28.5 Å². The summed E-state index contributed by atoms with van der Waals surface area (Å²) >= 11 is 0. The normalized spacial score (nSPS) is 17.2.